The maximum Gasteiger partial charge on any atom is 0.187 e. The van der Waals surface area contributed by atoms with Gasteiger partial charge in [-0.15, -0.1) is 0 Å². The van der Waals surface area contributed by atoms with E-state index in [4.69, 9.17) is 48.2 Å². The molecular formula is C28H49N3O22. The summed E-state index contributed by atoms with van der Waals surface area (Å²) in [5.41, 5.74) is 8.34. The summed E-state index contributed by atoms with van der Waals surface area (Å²) >= 11 is 0. The predicted molar refractivity (Wildman–Crippen MR) is 162 cm³/mol. The second-order valence-electron chi connectivity index (χ2n) is 12.6. The van der Waals surface area contributed by atoms with Gasteiger partial charge in [0.05, 0.1) is 46.2 Å². The maximum atomic E-state index is 11.2. The normalized spacial score (nSPS) is 46.5. The van der Waals surface area contributed by atoms with Crippen molar-refractivity contribution in [3.8, 4) is 0 Å². The minimum Gasteiger partial charge on any atom is -0.394 e. The largest absolute Gasteiger partial charge is 0.394 e. The molecule has 4 fully saturated rings. The molecule has 4 aliphatic heterocycles. The van der Waals surface area contributed by atoms with Crippen LogP contribution in [0.3, 0.4) is 0 Å². The number of nitrogens with zero attached hydrogens (tertiary/aromatic N) is 3. The van der Waals surface area contributed by atoms with Crippen molar-refractivity contribution in [2.45, 2.75) is 123 Å². The van der Waals surface area contributed by atoms with Crippen molar-refractivity contribution in [1.29, 1.82) is 0 Å². The highest BCUT2D eigenvalue weighted by atomic mass is 16.8. The Bertz CT molecular complexity index is 1140. The molecule has 0 aromatic rings. The third kappa shape index (κ3) is 10.2. The highest BCUT2D eigenvalue weighted by Gasteiger charge is 2.56. The van der Waals surface area contributed by atoms with Crippen LogP contribution in [0.5, 0.6) is 0 Å². The highest BCUT2D eigenvalue weighted by Crippen LogP contribution is 2.35. The number of ether oxygens (including phenoxy) is 9. The van der Waals surface area contributed by atoms with E-state index in [-0.39, 0.29) is 26.4 Å². The van der Waals surface area contributed by atoms with E-state index in [1.54, 1.807) is 0 Å². The van der Waals surface area contributed by atoms with Gasteiger partial charge in [-0.25, -0.2) is 0 Å². The monoisotopic (exact) mass is 779 g/mol. The van der Waals surface area contributed by atoms with Crippen molar-refractivity contribution in [3.63, 3.8) is 0 Å². The molecule has 308 valence electrons. The van der Waals surface area contributed by atoms with Crippen LogP contribution in [0.1, 0.15) is 0 Å². The van der Waals surface area contributed by atoms with Crippen molar-refractivity contribution in [2.75, 3.05) is 52.8 Å². The van der Waals surface area contributed by atoms with Crippen LogP contribution in [0.2, 0.25) is 0 Å². The Morgan fingerprint density at radius 1 is 0.453 bits per heavy atom. The fourth-order valence-corrected chi connectivity index (χ4v) is 6.09. The van der Waals surface area contributed by atoms with E-state index in [2.05, 4.69) is 10.0 Å². The lowest BCUT2D eigenvalue weighted by atomic mass is 9.95. The molecule has 0 aromatic carbocycles. The molecule has 4 heterocycles. The fraction of sp³-hybridized carbons (Fsp3) is 1.00. The first-order chi connectivity index (χ1) is 25.3. The Labute approximate surface area is 300 Å². The summed E-state index contributed by atoms with van der Waals surface area (Å²) in [4.78, 5) is 2.58. The molecule has 0 saturated carbocycles. The molecule has 0 radical (unpaired) electrons. The van der Waals surface area contributed by atoms with Crippen LogP contribution in [-0.2, 0) is 42.6 Å². The molecule has 25 nitrogen and oxygen atoms in total. The summed E-state index contributed by atoms with van der Waals surface area (Å²) in [7, 11) is 0. The quantitative estimate of drug-likeness (QED) is 0.0282. The number of hydrogen-bond donors (Lipinski definition) is 13. The molecule has 20 atom stereocenters. The van der Waals surface area contributed by atoms with Crippen LogP contribution < -0.4 is 0 Å². The number of aliphatic hydroxyl groups is 13. The first kappa shape index (κ1) is 44.1. The van der Waals surface area contributed by atoms with Crippen molar-refractivity contribution in [1.82, 2.24) is 0 Å². The summed E-state index contributed by atoms with van der Waals surface area (Å²) in [6, 6.07) is 0. The lowest BCUT2D eigenvalue weighted by Gasteiger charge is -2.49. The van der Waals surface area contributed by atoms with Gasteiger partial charge in [0.1, 0.15) is 97.7 Å². The Morgan fingerprint density at radius 2 is 0.887 bits per heavy atom. The third-order valence-electron chi connectivity index (χ3n) is 9.10. The third-order valence-corrected chi connectivity index (χ3v) is 9.10. The summed E-state index contributed by atoms with van der Waals surface area (Å²) in [5, 5.41) is 139. The fourth-order valence-electron chi connectivity index (χ4n) is 6.09. The van der Waals surface area contributed by atoms with Crippen LogP contribution in [0.25, 0.3) is 10.4 Å². The standard InChI is InChI=1S/C28H49N3O22/c29-31-30-1-2-45-3-4-46-25-21(44)22(16(39)12(8-35)47-25)51-27-24(19(42)15(38)10(6-33)49-27)53-28-23(18(41)14(37)11(7-34)50-28)52-26-20(43)17(40)13(36)9(5-32)48-26/h9-28,32-44H,1-8H2/t9?,10?,11?,12?,13-,14-,15-,16-,17+,18+,19+,20?,21?,22+,23?,24?,25+,26-,27-,28-/m1/s1. The molecule has 4 saturated heterocycles. The lowest BCUT2D eigenvalue weighted by Crippen LogP contribution is -2.68. The van der Waals surface area contributed by atoms with E-state index in [1.807, 2.05) is 0 Å². The molecule has 0 bridgehead atoms. The predicted octanol–water partition coefficient (Wildman–Crippen LogP) is -8.40. The van der Waals surface area contributed by atoms with Gasteiger partial charge in [0.15, 0.2) is 25.2 Å². The van der Waals surface area contributed by atoms with E-state index in [1.165, 1.54) is 0 Å². The Hall–Kier alpha value is -1.57. The van der Waals surface area contributed by atoms with E-state index in [9.17, 15) is 66.4 Å². The van der Waals surface area contributed by atoms with E-state index in [0.29, 0.717) is 0 Å². The zero-order chi connectivity index (χ0) is 39.0. The van der Waals surface area contributed by atoms with Crippen LogP contribution in [0.4, 0.5) is 0 Å². The SMILES string of the molecule is [N-]=[N+]=NCCOCCO[C@H]1OC(CO)[C@@H](O)[C@H](O[C@H]2OC(CO)[C@@H](O)[C@H](O)C2O[C@H]2OC(CO)[C@@H](O)[C@H](O)C2O[C@H]2OC(CO)[C@@H](O)[C@H](O)C2O)C1O. The number of rotatable bonds is 17. The van der Waals surface area contributed by atoms with Gasteiger partial charge in [-0.05, 0) is 5.53 Å². The van der Waals surface area contributed by atoms with E-state index < -0.39 is 149 Å². The van der Waals surface area contributed by atoms with Gasteiger partial charge in [-0.3, -0.25) is 0 Å². The molecule has 4 rings (SSSR count). The summed E-state index contributed by atoms with van der Waals surface area (Å²) in [5.74, 6) is 0. The van der Waals surface area contributed by atoms with Crippen LogP contribution >= 0.6 is 0 Å². The molecule has 53 heavy (non-hydrogen) atoms. The minimum absolute atomic E-state index is 0.0421. The lowest BCUT2D eigenvalue weighted by molar-refractivity contribution is -0.403. The maximum absolute atomic E-state index is 11.2. The van der Waals surface area contributed by atoms with Gasteiger partial charge in [0, 0.05) is 11.5 Å². The van der Waals surface area contributed by atoms with Gasteiger partial charge in [0.2, 0.25) is 0 Å². The average molecular weight is 780 g/mol. The van der Waals surface area contributed by atoms with Crippen molar-refractivity contribution >= 4 is 0 Å². The Morgan fingerprint density at radius 3 is 1.40 bits per heavy atom. The summed E-state index contributed by atoms with van der Waals surface area (Å²) in [6.45, 7) is -3.62. The van der Waals surface area contributed by atoms with Crippen molar-refractivity contribution < 1.29 is 109 Å². The molecule has 0 amide bonds. The second-order valence-corrected chi connectivity index (χ2v) is 12.6. The smallest absolute Gasteiger partial charge is 0.187 e. The first-order valence-electron chi connectivity index (χ1n) is 16.7. The number of hydrogen-bond acceptors (Lipinski definition) is 23. The van der Waals surface area contributed by atoms with Gasteiger partial charge in [-0.1, -0.05) is 5.11 Å². The zero-order valence-corrected chi connectivity index (χ0v) is 28.0. The highest BCUT2D eigenvalue weighted by molar-refractivity contribution is 4.98. The molecule has 0 aliphatic carbocycles. The van der Waals surface area contributed by atoms with Crippen LogP contribution in [0, 0.1) is 0 Å². The first-order valence-corrected chi connectivity index (χ1v) is 16.7. The van der Waals surface area contributed by atoms with E-state index >= 15 is 0 Å². The molecule has 25 heteroatoms. The van der Waals surface area contributed by atoms with E-state index in [0.717, 1.165) is 0 Å². The summed E-state index contributed by atoms with van der Waals surface area (Å²) in [6.07, 6.45) is -36.3. The average Bonchev–Trinajstić information content (AvgIpc) is 3.15. The van der Waals surface area contributed by atoms with Gasteiger partial charge >= 0.3 is 0 Å². The van der Waals surface area contributed by atoms with Crippen molar-refractivity contribution in [2.24, 2.45) is 5.11 Å². The zero-order valence-electron chi connectivity index (χ0n) is 28.0. The van der Waals surface area contributed by atoms with Gasteiger partial charge < -0.3 is 109 Å². The molecule has 0 spiro atoms. The summed E-state index contributed by atoms with van der Waals surface area (Å²) < 4.78 is 50.1. The van der Waals surface area contributed by atoms with Crippen molar-refractivity contribution in [3.05, 3.63) is 10.4 Å². The number of azide groups is 1. The topological polar surface area (TPSA) is 395 Å². The molecule has 8 unspecified atom stereocenters. The molecular weight excluding hydrogens is 730 g/mol. The molecule has 13 N–H and O–H groups in total. The molecule has 4 aliphatic rings. The second kappa shape index (κ2) is 20.6. The van der Waals surface area contributed by atoms with Crippen LogP contribution in [0.15, 0.2) is 5.11 Å². The van der Waals surface area contributed by atoms with Crippen LogP contribution in [-0.4, -0.2) is 242 Å². The Balaban J connectivity index is 1.57. The number of aliphatic hydroxyl groups excluding tert-OH is 13. The van der Waals surface area contributed by atoms with Gasteiger partial charge in [-0.2, -0.15) is 0 Å². The molecule has 0 aromatic heterocycles. The Kier molecular flexibility index (Phi) is 17.1. The minimum atomic E-state index is -2.05. The van der Waals surface area contributed by atoms with Gasteiger partial charge in [0.25, 0.3) is 0 Å².